The van der Waals surface area contributed by atoms with E-state index in [2.05, 4.69) is 30.5 Å². The molecule has 0 unspecified atom stereocenters. The van der Waals surface area contributed by atoms with Gasteiger partial charge in [-0.05, 0) is 43.7 Å². The number of aryl methyl sites for hydroxylation is 3. The molecule has 4 aromatic heterocycles. The van der Waals surface area contributed by atoms with Gasteiger partial charge < -0.3 is 9.84 Å². The Morgan fingerprint density at radius 1 is 1.17 bits per heavy atom. The van der Waals surface area contributed by atoms with Crippen LogP contribution < -0.4 is 5.32 Å². The van der Waals surface area contributed by atoms with Crippen LogP contribution in [0.25, 0.3) is 17.2 Å². The first-order chi connectivity index (χ1) is 14.6. The molecule has 0 aromatic carbocycles. The van der Waals surface area contributed by atoms with Gasteiger partial charge in [-0.1, -0.05) is 11.2 Å². The fraction of sp³-hybridized carbons (Fsp3) is 0.238. The molecular formula is C21H21N7O2. The number of amides is 1. The minimum absolute atomic E-state index is 0.0960. The molecule has 9 nitrogen and oxygen atoms in total. The molecule has 4 rings (SSSR count). The highest BCUT2D eigenvalue weighted by Gasteiger charge is 2.11. The first-order valence-corrected chi connectivity index (χ1v) is 9.57. The highest BCUT2D eigenvalue weighted by Crippen LogP contribution is 2.15. The Labute approximate surface area is 173 Å². The van der Waals surface area contributed by atoms with Crippen molar-refractivity contribution in [2.45, 2.75) is 33.2 Å². The minimum Gasteiger partial charge on any atom is -0.352 e. The minimum atomic E-state index is -0.0960. The molecular weight excluding hydrogens is 382 g/mol. The van der Waals surface area contributed by atoms with E-state index < -0.39 is 0 Å². The van der Waals surface area contributed by atoms with Gasteiger partial charge in [0.05, 0.1) is 5.69 Å². The summed E-state index contributed by atoms with van der Waals surface area (Å²) in [5.41, 5.74) is 3.70. The molecule has 0 saturated heterocycles. The zero-order valence-electron chi connectivity index (χ0n) is 16.7. The van der Waals surface area contributed by atoms with Crippen molar-refractivity contribution in [2.75, 3.05) is 0 Å². The van der Waals surface area contributed by atoms with Crippen molar-refractivity contribution in [3.63, 3.8) is 0 Å². The van der Waals surface area contributed by atoms with E-state index in [1.54, 1.807) is 35.4 Å². The van der Waals surface area contributed by atoms with Crippen LogP contribution in [-0.2, 0) is 17.8 Å². The summed E-state index contributed by atoms with van der Waals surface area (Å²) in [6.07, 6.45) is 5.70. The second-order valence-corrected chi connectivity index (χ2v) is 6.89. The molecule has 4 aromatic rings. The van der Waals surface area contributed by atoms with Crippen LogP contribution in [0.2, 0.25) is 0 Å². The number of aromatic nitrogens is 6. The zero-order valence-corrected chi connectivity index (χ0v) is 16.7. The molecule has 4 heterocycles. The van der Waals surface area contributed by atoms with Gasteiger partial charge in [-0.2, -0.15) is 10.1 Å². The number of nitrogens with zero attached hydrogens (tertiary/aromatic N) is 6. The Hall–Kier alpha value is -3.88. The number of nitrogens with one attached hydrogen (secondary N) is 1. The highest BCUT2D eigenvalue weighted by molar-refractivity contribution is 5.76. The van der Waals surface area contributed by atoms with Gasteiger partial charge in [-0.3, -0.25) is 9.78 Å². The lowest BCUT2D eigenvalue weighted by atomic mass is 10.2. The topological polar surface area (TPSA) is 112 Å². The van der Waals surface area contributed by atoms with Gasteiger partial charge in [0.25, 0.3) is 0 Å². The van der Waals surface area contributed by atoms with Gasteiger partial charge in [0.2, 0.25) is 17.6 Å². The van der Waals surface area contributed by atoms with Crippen molar-refractivity contribution in [3.05, 3.63) is 71.8 Å². The molecule has 1 amide bonds. The summed E-state index contributed by atoms with van der Waals surface area (Å²) < 4.78 is 7.01. The predicted molar refractivity (Wildman–Crippen MR) is 109 cm³/mol. The first-order valence-electron chi connectivity index (χ1n) is 9.57. The van der Waals surface area contributed by atoms with Crippen molar-refractivity contribution < 1.29 is 9.32 Å². The largest absolute Gasteiger partial charge is 0.352 e. The van der Waals surface area contributed by atoms with Crippen LogP contribution >= 0.6 is 0 Å². The summed E-state index contributed by atoms with van der Waals surface area (Å²) in [5.74, 6) is 1.56. The zero-order chi connectivity index (χ0) is 20.9. The molecule has 30 heavy (non-hydrogen) atoms. The van der Waals surface area contributed by atoms with E-state index in [1.165, 1.54) is 0 Å². The van der Waals surface area contributed by atoms with Crippen LogP contribution in [0.1, 0.15) is 29.3 Å². The van der Waals surface area contributed by atoms with E-state index >= 15 is 0 Å². The third-order valence-corrected chi connectivity index (χ3v) is 4.50. The number of rotatable bonds is 7. The molecule has 0 spiro atoms. The van der Waals surface area contributed by atoms with E-state index in [4.69, 9.17) is 4.52 Å². The number of pyridine rings is 2. The van der Waals surface area contributed by atoms with E-state index in [0.717, 1.165) is 28.3 Å². The second kappa shape index (κ2) is 8.64. The molecule has 0 aliphatic heterocycles. The lowest BCUT2D eigenvalue weighted by Crippen LogP contribution is -2.23. The monoisotopic (exact) mass is 403 g/mol. The van der Waals surface area contributed by atoms with Gasteiger partial charge in [0, 0.05) is 49.2 Å². The summed E-state index contributed by atoms with van der Waals surface area (Å²) in [6.45, 7) is 4.33. The molecule has 0 radical (unpaired) electrons. The van der Waals surface area contributed by atoms with E-state index in [9.17, 15) is 4.79 Å². The van der Waals surface area contributed by atoms with Gasteiger partial charge in [0.1, 0.15) is 0 Å². The van der Waals surface area contributed by atoms with Crippen molar-refractivity contribution in [1.29, 1.82) is 0 Å². The average Bonchev–Trinajstić information content (AvgIpc) is 3.38. The quantitative estimate of drug-likeness (QED) is 0.505. The lowest BCUT2D eigenvalue weighted by molar-refractivity contribution is -0.121. The van der Waals surface area contributed by atoms with Gasteiger partial charge in [0.15, 0.2) is 5.82 Å². The lowest BCUT2D eigenvalue weighted by Gasteiger charge is -2.06. The number of hydrogen-bond donors (Lipinski definition) is 1. The van der Waals surface area contributed by atoms with Crippen molar-refractivity contribution >= 4 is 5.91 Å². The highest BCUT2D eigenvalue weighted by atomic mass is 16.5. The SMILES string of the molecule is Cc1cc(C)n(-c2ccc(CNC(=O)CCc3nc(-c4ccncc4)no3)cn2)n1. The van der Waals surface area contributed by atoms with E-state index in [0.29, 0.717) is 24.7 Å². The Morgan fingerprint density at radius 3 is 2.70 bits per heavy atom. The number of carbonyl (C=O) groups excluding carboxylic acids is 1. The van der Waals surface area contributed by atoms with Crippen LogP contribution in [0.4, 0.5) is 0 Å². The second-order valence-electron chi connectivity index (χ2n) is 6.89. The summed E-state index contributed by atoms with van der Waals surface area (Å²) in [6, 6.07) is 9.42. The maximum Gasteiger partial charge on any atom is 0.227 e. The standard InChI is InChI=1S/C21H21N7O2/c1-14-11-15(2)28(26-14)18-4-3-16(12-23-18)13-24-19(29)5-6-20-25-21(27-30-20)17-7-9-22-10-8-17/h3-4,7-12H,5-6,13H2,1-2H3,(H,24,29). The maximum absolute atomic E-state index is 12.2. The normalized spacial score (nSPS) is 10.9. The molecule has 0 atom stereocenters. The van der Waals surface area contributed by atoms with Crippen LogP contribution in [0.5, 0.6) is 0 Å². The van der Waals surface area contributed by atoms with Crippen LogP contribution in [-0.4, -0.2) is 35.8 Å². The molecule has 0 aliphatic rings. The molecule has 152 valence electrons. The third-order valence-electron chi connectivity index (χ3n) is 4.50. The Balaban J connectivity index is 1.27. The summed E-state index contributed by atoms with van der Waals surface area (Å²) in [4.78, 5) is 24.9. The van der Waals surface area contributed by atoms with Gasteiger partial charge in [-0.15, -0.1) is 0 Å². The third kappa shape index (κ3) is 4.57. The van der Waals surface area contributed by atoms with Crippen molar-refractivity contribution in [1.82, 2.24) is 35.2 Å². The van der Waals surface area contributed by atoms with Gasteiger partial charge >= 0.3 is 0 Å². The van der Waals surface area contributed by atoms with E-state index in [1.807, 2.05) is 32.0 Å². The van der Waals surface area contributed by atoms with Crippen LogP contribution in [0.15, 0.2) is 53.4 Å². The van der Waals surface area contributed by atoms with Crippen molar-refractivity contribution in [2.24, 2.45) is 0 Å². The first kappa shape index (κ1) is 19.4. The summed E-state index contributed by atoms with van der Waals surface area (Å²) >= 11 is 0. The predicted octanol–water partition coefficient (Wildman–Crippen LogP) is 2.58. The van der Waals surface area contributed by atoms with Crippen molar-refractivity contribution in [3.8, 4) is 17.2 Å². The molecule has 1 N–H and O–H groups in total. The average molecular weight is 403 g/mol. The van der Waals surface area contributed by atoms with Crippen LogP contribution in [0.3, 0.4) is 0 Å². The van der Waals surface area contributed by atoms with E-state index in [-0.39, 0.29) is 12.3 Å². The molecule has 9 heteroatoms. The molecule has 0 bridgehead atoms. The number of hydrogen-bond acceptors (Lipinski definition) is 7. The Bertz CT molecular complexity index is 1130. The number of carbonyl (C=O) groups is 1. The fourth-order valence-corrected chi connectivity index (χ4v) is 2.99. The smallest absolute Gasteiger partial charge is 0.227 e. The molecule has 0 aliphatic carbocycles. The fourth-order valence-electron chi connectivity index (χ4n) is 2.99. The summed E-state index contributed by atoms with van der Waals surface area (Å²) in [7, 11) is 0. The molecule has 0 saturated carbocycles. The Kier molecular flexibility index (Phi) is 5.60. The van der Waals surface area contributed by atoms with Crippen LogP contribution in [0, 0.1) is 13.8 Å². The molecule has 0 fully saturated rings. The van der Waals surface area contributed by atoms with Gasteiger partial charge in [-0.25, -0.2) is 9.67 Å². The summed E-state index contributed by atoms with van der Waals surface area (Å²) in [5, 5.41) is 11.2. The maximum atomic E-state index is 12.2. The Morgan fingerprint density at radius 2 is 2.00 bits per heavy atom.